The highest BCUT2D eigenvalue weighted by Crippen LogP contribution is 2.48. The van der Waals surface area contributed by atoms with Crippen molar-refractivity contribution < 1.29 is 9.53 Å². The number of rotatable bonds is 6. The van der Waals surface area contributed by atoms with Crippen molar-refractivity contribution in [3.63, 3.8) is 0 Å². The molecule has 2 aliphatic rings. The Hall–Kier alpha value is -2.58. The van der Waals surface area contributed by atoms with Gasteiger partial charge in [0.05, 0.1) is 25.1 Å². The molecule has 1 saturated carbocycles. The minimum absolute atomic E-state index is 0.0597. The topological polar surface area (TPSA) is 88.5 Å². The Morgan fingerprint density at radius 2 is 1.94 bits per heavy atom. The number of halogens is 1. The van der Waals surface area contributed by atoms with Gasteiger partial charge in [0, 0.05) is 30.5 Å². The predicted octanol–water partition coefficient (Wildman–Crippen LogP) is 4.49. The quantitative estimate of drug-likeness (QED) is 0.589. The highest BCUT2D eigenvalue weighted by atomic mass is 35.5. The summed E-state index contributed by atoms with van der Waals surface area (Å²) in [5.74, 6) is 1.11. The first kappa shape index (κ1) is 26.5. The molecule has 2 aromatic rings. The Kier molecular flexibility index (Phi) is 7.95. The second-order valence-electron chi connectivity index (χ2n) is 10.9. The normalized spacial score (nSPS) is 25.9. The standard InChI is InChI=1S/C27H38ClN5O3/c1-17-13-22(18(2)19(3)27(17,4)5)31-23-15-29-33(26(35)25(23)28)16-24(34)30-20-7-6-8-21(14-20)32-9-11-36-12-10-32/h6-8,14-15,17-19,22,31H,9-13,16H2,1-5H3,(H,30,34)/t17-,18+,19+,22+/m0/s1. The van der Waals surface area contributed by atoms with Crippen LogP contribution < -0.4 is 21.1 Å². The minimum Gasteiger partial charge on any atom is -0.379 e. The van der Waals surface area contributed by atoms with Crippen LogP contribution in [-0.2, 0) is 16.1 Å². The van der Waals surface area contributed by atoms with Crippen molar-refractivity contribution in [3.8, 4) is 0 Å². The molecular weight excluding hydrogens is 478 g/mol. The van der Waals surface area contributed by atoms with Crippen LogP contribution in [0.15, 0.2) is 35.3 Å². The fourth-order valence-electron chi connectivity index (χ4n) is 5.38. The van der Waals surface area contributed by atoms with Crippen molar-refractivity contribution in [2.24, 2.45) is 23.2 Å². The largest absolute Gasteiger partial charge is 0.379 e. The molecule has 2 N–H and O–H groups in total. The molecule has 196 valence electrons. The van der Waals surface area contributed by atoms with Crippen LogP contribution in [0.1, 0.15) is 41.0 Å². The first-order chi connectivity index (χ1) is 17.1. The monoisotopic (exact) mass is 515 g/mol. The zero-order valence-electron chi connectivity index (χ0n) is 21.9. The Morgan fingerprint density at radius 1 is 1.22 bits per heavy atom. The summed E-state index contributed by atoms with van der Waals surface area (Å²) in [7, 11) is 0. The molecule has 9 heteroatoms. The molecule has 2 fully saturated rings. The fraction of sp³-hybridized carbons (Fsp3) is 0.593. The molecular formula is C27H38ClN5O3. The van der Waals surface area contributed by atoms with Crippen LogP contribution in [0.4, 0.5) is 17.1 Å². The van der Waals surface area contributed by atoms with E-state index in [0.717, 1.165) is 29.9 Å². The predicted molar refractivity (Wildman–Crippen MR) is 145 cm³/mol. The van der Waals surface area contributed by atoms with Crippen LogP contribution in [0.2, 0.25) is 5.02 Å². The maximum Gasteiger partial charge on any atom is 0.288 e. The molecule has 8 nitrogen and oxygen atoms in total. The number of nitrogens with one attached hydrogen (secondary N) is 2. The van der Waals surface area contributed by atoms with E-state index >= 15 is 0 Å². The van der Waals surface area contributed by atoms with Crippen LogP contribution in [0.3, 0.4) is 0 Å². The van der Waals surface area contributed by atoms with Gasteiger partial charge in [-0.15, -0.1) is 0 Å². The molecule has 1 aromatic carbocycles. The number of aromatic nitrogens is 2. The number of hydrogen-bond donors (Lipinski definition) is 2. The van der Waals surface area contributed by atoms with Crippen molar-refractivity contribution in [2.75, 3.05) is 41.8 Å². The van der Waals surface area contributed by atoms with Crippen molar-refractivity contribution in [1.29, 1.82) is 0 Å². The van der Waals surface area contributed by atoms with E-state index in [0.29, 0.717) is 42.3 Å². The molecule has 2 heterocycles. The van der Waals surface area contributed by atoms with E-state index in [-0.39, 0.29) is 28.9 Å². The smallest absolute Gasteiger partial charge is 0.288 e. The lowest BCUT2D eigenvalue weighted by atomic mass is 9.58. The van der Waals surface area contributed by atoms with Crippen molar-refractivity contribution >= 4 is 34.6 Å². The zero-order valence-corrected chi connectivity index (χ0v) is 22.6. The highest BCUT2D eigenvalue weighted by Gasteiger charge is 2.43. The zero-order chi connectivity index (χ0) is 26.0. The lowest BCUT2D eigenvalue weighted by Crippen LogP contribution is -2.48. The molecule has 1 aliphatic carbocycles. The summed E-state index contributed by atoms with van der Waals surface area (Å²) >= 11 is 6.46. The number of ether oxygens (including phenoxy) is 1. The summed E-state index contributed by atoms with van der Waals surface area (Å²) in [6.07, 6.45) is 2.54. The van der Waals surface area contributed by atoms with Crippen LogP contribution in [0, 0.1) is 23.2 Å². The van der Waals surface area contributed by atoms with Gasteiger partial charge < -0.3 is 20.3 Å². The molecule has 1 amide bonds. The third-order valence-electron chi connectivity index (χ3n) is 8.60. The van der Waals surface area contributed by atoms with Gasteiger partial charge in [-0.25, -0.2) is 4.68 Å². The van der Waals surface area contributed by atoms with Gasteiger partial charge in [-0.2, -0.15) is 5.10 Å². The molecule has 36 heavy (non-hydrogen) atoms. The van der Waals surface area contributed by atoms with Crippen molar-refractivity contribution in [3.05, 3.63) is 45.8 Å². The lowest BCUT2D eigenvalue weighted by Gasteiger charge is -2.50. The van der Waals surface area contributed by atoms with Crippen LogP contribution in [0.25, 0.3) is 0 Å². The van der Waals surface area contributed by atoms with Gasteiger partial charge in [-0.3, -0.25) is 9.59 Å². The van der Waals surface area contributed by atoms with Gasteiger partial charge >= 0.3 is 0 Å². The second-order valence-corrected chi connectivity index (χ2v) is 11.3. The average Bonchev–Trinajstić information content (AvgIpc) is 2.86. The van der Waals surface area contributed by atoms with Gasteiger partial charge in [-0.1, -0.05) is 52.3 Å². The maximum absolute atomic E-state index is 12.9. The number of carbonyl (C=O) groups excluding carboxylic acids is 1. The van der Waals surface area contributed by atoms with Crippen molar-refractivity contribution in [1.82, 2.24) is 9.78 Å². The third-order valence-corrected chi connectivity index (χ3v) is 8.97. The van der Waals surface area contributed by atoms with E-state index in [1.807, 2.05) is 24.3 Å². The van der Waals surface area contributed by atoms with E-state index in [1.165, 1.54) is 0 Å². The molecule has 0 spiro atoms. The lowest BCUT2D eigenvalue weighted by molar-refractivity contribution is -0.117. The average molecular weight is 516 g/mol. The summed E-state index contributed by atoms with van der Waals surface area (Å²) < 4.78 is 6.52. The number of morpholine rings is 1. The van der Waals surface area contributed by atoms with Crippen LogP contribution >= 0.6 is 11.6 Å². The van der Waals surface area contributed by atoms with E-state index in [4.69, 9.17) is 16.3 Å². The Bertz CT molecular complexity index is 1140. The molecule has 1 aromatic heterocycles. The van der Waals surface area contributed by atoms with E-state index in [9.17, 15) is 9.59 Å². The molecule has 4 atom stereocenters. The molecule has 0 radical (unpaired) electrons. The van der Waals surface area contributed by atoms with Crippen LogP contribution in [-0.4, -0.2) is 48.0 Å². The molecule has 4 rings (SSSR count). The summed E-state index contributed by atoms with van der Waals surface area (Å²) in [6, 6.07) is 7.85. The van der Waals surface area contributed by atoms with Gasteiger partial charge in [-0.05, 0) is 47.8 Å². The SMILES string of the molecule is C[C@@H]1[C@@H](C)C(C)(C)[C@@H](C)C[C@H]1Nc1cnn(CC(=O)Nc2cccc(N3CCOCC3)c2)c(=O)c1Cl. The number of anilines is 3. The fourth-order valence-corrected chi connectivity index (χ4v) is 5.58. The van der Waals surface area contributed by atoms with Crippen LogP contribution in [0.5, 0.6) is 0 Å². The van der Waals surface area contributed by atoms with Gasteiger partial charge in [0.1, 0.15) is 11.6 Å². The number of carbonyl (C=O) groups is 1. The minimum atomic E-state index is -0.483. The summed E-state index contributed by atoms with van der Waals surface area (Å²) in [5.41, 5.74) is 1.97. The van der Waals surface area contributed by atoms with Crippen molar-refractivity contribution in [2.45, 2.75) is 53.6 Å². The summed E-state index contributed by atoms with van der Waals surface area (Å²) in [4.78, 5) is 27.8. The Labute approximate surface area is 218 Å². The Morgan fingerprint density at radius 3 is 2.67 bits per heavy atom. The summed E-state index contributed by atoms with van der Waals surface area (Å²) in [6.45, 7) is 14.3. The van der Waals surface area contributed by atoms with Gasteiger partial charge in [0.25, 0.3) is 5.56 Å². The second kappa shape index (κ2) is 10.8. The van der Waals surface area contributed by atoms with Gasteiger partial charge in [0.2, 0.25) is 5.91 Å². The molecule has 0 unspecified atom stereocenters. The number of amides is 1. The molecule has 1 aliphatic heterocycles. The molecule has 0 bridgehead atoms. The van der Waals surface area contributed by atoms with E-state index in [1.54, 1.807) is 6.20 Å². The van der Waals surface area contributed by atoms with Gasteiger partial charge in [0.15, 0.2) is 0 Å². The summed E-state index contributed by atoms with van der Waals surface area (Å²) in [5, 5.41) is 10.6. The molecule has 1 saturated heterocycles. The third kappa shape index (κ3) is 5.54. The maximum atomic E-state index is 12.9. The Balaban J connectivity index is 1.41. The first-order valence-corrected chi connectivity index (χ1v) is 13.2. The highest BCUT2D eigenvalue weighted by molar-refractivity contribution is 6.32. The van der Waals surface area contributed by atoms with E-state index < -0.39 is 5.56 Å². The van der Waals surface area contributed by atoms with E-state index in [2.05, 4.69) is 55.3 Å². The first-order valence-electron chi connectivity index (χ1n) is 12.8. The number of benzene rings is 1. The number of nitrogens with zero attached hydrogens (tertiary/aromatic N) is 3. The number of hydrogen-bond acceptors (Lipinski definition) is 6.